The molecule has 0 bridgehead atoms. The summed E-state index contributed by atoms with van der Waals surface area (Å²) < 4.78 is 11.7. The Morgan fingerprint density at radius 2 is 2.00 bits per heavy atom. The Kier molecular flexibility index (Phi) is 8.56. The number of carbonyl (C=O) groups excluding carboxylic acids is 2. The van der Waals surface area contributed by atoms with Crippen molar-refractivity contribution in [3.05, 3.63) is 29.3 Å². The second-order valence-electron chi connectivity index (χ2n) is 5.37. The molecule has 146 valence electrons. The molecule has 1 heterocycles. The Balaban J connectivity index is 2.11. The van der Waals surface area contributed by atoms with Crippen molar-refractivity contribution in [2.45, 2.75) is 25.0 Å². The van der Waals surface area contributed by atoms with E-state index in [2.05, 4.69) is 20.3 Å². The monoisotopic (exact) mass is 412 g/mol. The van der Waals surface area contributed by atoms with Crippen LogP contribution in [0.4, 0.5) is 4.79 Å². The van der Waals surface area contributed by atoms with Crippen LogP contribution in [0, 0.1) is 0 Å². The number of rotatable bonds is 9. The van der Waals surface area contributed by atoms with Gasteiger partial charge in [0.25, 0.3) is 0 Å². The lowest BCUT2D eigenvalue weighted by Crippen LogP contribution is -2.32. The van der Waals surface area contributed by atoms with E-state index in [0.29, 0.717) is 29.2 Å². The number of ether oxygens (including phenoxy) is 2. The van der Waals surface area contributed by atoms with Gasteiger partial charge in [-0.25, -0.2) is 4.79 Å². The van der Waals surface area contributed by atoms with Gasteiger partial charge in [0.2, 0.25) is 5.91 Å². The van der Waals surface area contributed by atoms with Crippen molar-refractivity contribution in [1.29, 1.82) is 0 Å². The highest BCUT2D eigenvalue weighted by atomic mass is 35.5. The summed E-state index contributed by atoms with van der Waals surface area (Å²) in [6, 6.07) is 7.29. The maximum Gasteiger partial charge on any atom is 0.413 e. The predicted molar refractivity (Wildman–Crippen MR) is 103 cm³/mol. The highest BCUT2D eigenvalue weighted by Crippen LogP contribution is 2.25. The van der Waals surface area contributed by atoms with E-state index in [-0.39, 0.29) is 12.4 Å². The van der Waals surface area contributed by atoms with Crippen LogP contribution in [-0.2, 0) is 20.8 Å². The molecular formula is C17H21ClN4O4S. The van der Waals surface area contributed by atoms with Gasteiger partial charge in [0.1, 0.15) is 0 Å². The first kappa shape index (κ1) is 21.2. The fourth-order valence-corrected chi connectivity index (χ4v) is 3.11. The van der Waals surface area contributed by atoms with Crippen molar-refractivity contribution in [2.75, 3.05) is 26.1 Å². The Morgan fingerprint density at radius 1 is 1.26 bits per heavy atom. The van der Waals surface area contributed by atoms with Crippen LogP contribution < -0.4 is 5.32 Å². The first-order chi connectivity index (χ1) is 13.0. The summed E-state index contributed by atoms with van der Waals surface area (Å²) in [7, 11) is 1.64. The van der Waals surface area contributed by atoms with E-state index in [4.69, 9.17) is 16.3 Å². The van der Waals surface area contributed by atoms with Crippen LogP contribution in [0.1, 0.15) is 13.3 Å². The Bertz CT molecular complexity index is 767. The van der Waals surface area contributed by atoms with E-state index in [1.807, 2.05) is 16.7 Å². The van der Waals surface area contributed by atoms with Gasteiger partial charge in [-0.05, 0) is 37.6 Å². The quantitative estimate of drug-likeness (QED) is 0.499. The van der Waals surface area contributed by atoms with E-state index in [1.54, 1.807) is 26.2 Å². The lowest BCUT2D eigenvalue weighted by Gasteiger charge is -2.10. The van der Waals surface area contributed by atoms with Crippen LogP contribution in [0.5, 0.6) is 0 Å². The fraction of sp³-hybridized carbons (Fsp3) is 0.412. The number of methoxy groups -OCH3 is 1. The van der Waals surface area contributed by atoms with Gasteiger partial charge in [-0.2, -0.15) is 0 Å². The molecular weight excluding hydrogens is 392 g/mol. The molecule has 2 aromatic rings. The van der Waals surface area contributed by atoms with E-state index in [9.17, 15) is 9.59 Å². The number of halogens is 1. The molecule has 0 spiro atoms. The number of hydrogen-bond acceptors (Lipinski definition) is 7. The lowest BCUT2D eigenvalue weighted by molar-refractivity contribution is -0.117. The smallest absolute Gasteiger partial charge is 0.413 e. The Labute approximate surface area is 166 Å². The maximum absolute atomic E-state index is 11.9. The Morgan fingerprint density at radius 3 is 2.67 bits per heavy atom. The minimum atomic E-state index is -0.758. The standard InChI is InChI=1S/C17H21ClN4O4S/c1-3-26-17(24)19-14(23)11-27-16-21-20-15(22(16)9-4-10-25-2)12-5-7-13(18)8-6-12/h5-8H,3-4,9-11H2,1-2H3,(H,19,23,24). The van der Waals surface area contributed by atoms with Crippen LogP contribution in [0.2, 0.25) is 5.02 Å². The van der Waals surface area contributed by atoms with Crippen molar-refractivity contribution in [2.24, 2.45) is 0 Å². The summed E-state index contributed by atoms with van der Waals surface area (Å²) in [5.74, 6) is 0.232. The molecule has 0 saturated heterocycles. The molecule has 0 aliphatic rings. The lowest BCUT2D eigenvalue weighted by atomic mass is 10.2. The molecule has 0 saturated carbocycles. The summed E-state index contributed by atoms with van der Waals surface area (Å²) in [5, 5.41) is 11.8. The summed E-state index contributed by atoms with van der Waals surface area (Å²) in [4.78, 5) is 23.2. The third kappa shape index (κ3) is 6.53. The fourth-order valence-electron chi connectivity index (χ4n) is 2.22. The molecule has 1 aromatic carbocycles. The minimum absolute atomic E-state index is 0.0157. The van der Waals surface area contributed by atoms with Gasteiger partial charge in [0.05, 0.1) is 12.4 Å². The first-order valence-electron chi connectivity index (χ1n) is 8.32. The third-order valence-corrected chi connectivity index (χ3v) is 4.62. The number of imide groups is 1. The molecule has 8 nitrogen and oxygen atoms in total. The molecule has 2 amide bonds. The van der Waals surface area contributed by atoms with Crippen LogP contribution in [-0.4, -0.2) is 52.8 Å². The SMILES string of the molecule is CCOC(=O)NC(=O)CSc1nnc(-c2ccc(Cl)cc2)n1CCCOC. The number of carbonyl (C=O) groups is 2. The second kappa shape index (κ2) is 10.9. The van der Waals surface area contributed by atoms with Gasteiger partial charge in [-0.15, -0.1) is 10.2 Å². The first-order valence-corrected chi connectivity index (χ1v) is 9.69. The number of aromatic nitrogens is 3. The topological polar surface area (TPSA) is 95.3 Å². The number of nitrogens with zero attached hydrogens (tertiary/aromatic N) is 3. The number of nitrogens with one attached hydrogen (secondary N) is 1. The van der Waals surface area contributed by atoms with Crippen molar-refractivity contribution < 1.29 is 19.1 Å². The van der Waals surface area contributed by atoms with Crippen molar-refractivity contribution in [1.82, 2.24) is 20.1 Å². The highest BCUT2D eigenvalue weighted by molar-refractivity contribution is 7.99. The third-order valence-electron chi connectivity index (χ3n) is 3.40. The van der Waals surface area contributed by atoms with Crippen molar-refractivity contribution in [3.8, 4) is 11.4 Å². The largest absolute Gasteiger partial charge is 0.450 e. The van der Waals surface area contributed by atoms with Gasteiger partial charge < -0.3 is 14.0 Å². The van der Waals surface area contributed by atoms with Crippen molar-refractivity contribution >= 4 is 35.4 Å². The summed E-state index contributed by atoms with van der Waals surface area (Å²) >= 11 is 7.14. The molecule has 0 fully saturated rings. The van der Waals surface area contributed by atoms with Gasteiger partial charge in [0.15, 0.2) is 11.0 Å². The number of alkyl carbamates (subject to hydrolysis) is 1. The van der Waals surface area contributed by atoms with E-state index >= 15 is 0 Å². The Hall–Kier alpha value is -2.10. The van der Waals surface area contributed by atoms with Gasteiger partial charge in [-0.3, -0.25) is 10.1 Å². The van der Waals surface area contributed by atoms with Gasteiger partial charge >= 0.3 is 6.09 Å². The molecule has 0 aliphatic carbocycles. The van der Waals surface area contributed by atoms with E-state index in [0.717, 1.165) is 12.0 Å². The molecule has 0 radical (unpaired) electrons. The zero-order chi connectivity index (χ0) is 19.6. The van der Waals surface area contributed by atoms with Crippen molar-refractivity contribution in [3.63, 3.8) is 0 Å². The molecule has 2 rings (SSSR count). The number of amides is 2. The van der Waals surface area contributed by atoms with Crippen LogP contribution in [0.25, 0.3) is 11.4 Å². The maximum atomic E-state index is 11.9. The molecule has 0 aliphatic heterocycles. The predicted octanol–water partition coefficient (Wildman–Crippen LogP) is 3.00. The number of hydrogen-bond donors (Lipinski definition) is 1. The van der Waals surface area contributed by atoms with Crippen LogP contribution in [0.15, 0.2) is 29.4 Å². The summed E-state index contributed by atoms with van der Waals surface area (Å²) in [6.07, 6.45) is 0.00376. The second-order valence-corrected chi connectivity index (χ2v) is 6.75. The average molecular weight is 413 g/mol. The summed E-state index contributed by atoms with van der Waals surface area (Å²) in [6.45, 7) is 3.08. The zero-order valence-corrected chi connectivity index (χ0v) is 16.7. The van der Waals surface area contributed by atoms with Crippen LogP contribution in [0.3, 0.4) is 0 Å². The summed E-state index contributed by atoms with van der Waals surface area (Å²) in [5.41, 5.74) is 0.868. The number of benzene rings is 1. The molecule has 0 atom stereocenters. The normalized spacial score (nSPS) is 10.6. The van der Waals surface area contributed by atoms with E-state index in [1.165, 1.54) is 11.8 Å². The number of thioether (sulfide) groups is 1. The molecule has 10 heteroatoms. The van der Waals surface area contributed by atoms with Gasteiger partial charge in [0, 0.05) is 30.8 Å². The minimum Gasteiger partial charge on any atom is -0.450 e. The van der Waals surface area contributed by atoms with E-state index < -0.39 is 12.0 Å². The average Bonchev–Trinajstić information content (AvgIpc) is 3.04. The molecule has 1 N–H and O–H groups in total. The van der Waals surface area contributed by atoms with Crippen LogP contribution >= 0.6 is 23.4 Å². The molecule has 0 unspecified atom stereocenters. The zero-order valence-electron chi connectivity index (χ0n) is 15.1. The van der Waals surface area contributed by atoms with Gasteiger partial charge in [-0.1, -0.05) is 23.4 Å². The molecule has 1 aromatic heterocycles. The molecule has 27 heavy (non-hydrogen) atoms. The highest BCUT2D eigenvalue weighted by Gasteiger charge is 2.16.